The first-order valence-electron chi connectivity index (χ1n) is 7.19. The second-order valence-electron chi connectivity index (χ2n) is 5.37. The summed E-state index contributed by atoms with van der Waals surface area (Å²) >= 11 is 0. The third kappa shape index (κ3) is 4.39. The van der Waals surface area contributed by atoms with Crippen molar-refractivity contribution in [2.45, 2.75) is 45.6 Å². The molecule has 0 radical (unpaired) electrons. The monoisotopic (exact) mass is 265 g/mol. The van der Waals surface area contributed by atoms with Gasteiger partial charge in [0.1, 0.15) is 11.5 Å². The Morgan fingerprint density at radius 3 is 2.63 bits per heavy atom. The molecule has 0 aliphatic carbocycles. The number of likely N-dealkylation sites (tertiary alicyclic amines) is 1. The van der Waals surface area contributed by atoms with Gasteiger partial charge >= 0.3 is 5.97 Å². The summed E-state index contributed by atoms with van der Waals surface area (Å²) in [7, 11) is 0. The van der Waals surface area contributed by atoms with E-state index in [-0.39, 0.29) is 0 Å². The first-order valence-corrected chi connectivity index (χ1v) is 7.19. The van der Waals surface area contributed by atoms with E-state index >= 15 is 0 Å². The highest BCUT2D eigenvalue weighted by Crippen LogP contribution is 2.23. The molecule has 1 aliphatic heterocycles. The molecule has 1 aromatic heterocycles. The fourth-order valence-electron chi connectivity index (χ4n) is 2.68. The quantitative estimate of drug-likeness (QED) is 0.859. The Hall–Kier alpha value is -1.29. The second-order valence-corrected chi connectivity index (χ2v) is 5.37. The van der Waals surface area contributed by atoms with Gasteiger partial charge in [-0.25, -0.2) is 0 Å². The fourth-order valence-corrected chi connectivity index (χ4v) is 2.68. The molecule has 0 unspecified atom stereocenters. The molecule has 0 aromatic carbocycles. The van der Waals surface area contributed by atoms with Crippen molar-refractivity contribution in [3.05, 3.63) is 23.7 Å². The number of nitrogens with zero attached hydrogens (tertiary/aromatic N) is 1. The normalized spacial score (nSPS) is 17.7. The number of aryl methyl sites for hydroxylation is 1. The first-order chi connectivity index (χ1) is 9.17. The van der Waals surface area contributed by atoms with E-state index in [9.17, 15) is 4.79 Å². The number of hydrogen-bond acceptors (Lipinski definition) is 3. The Labute approximate surface area is 114 Å². The van der Waals surface area contributed by atoms with Crippen LogP contribution < -0.4 is 0 Å². The zero-order valence-electron chi connectivity index (χ0n) is 11.6. The van der Waals surface area contributed by atoms with E-state index in [1.54, 1.807) is 0 Å². The molecule has 4 nitrogen and oxygen atoms in total. The van der Waals surface area contributed by atoms with E-state index in [1.165, 1.54) is 0 Å². The highest BCUT2D eigenvalue weighted by Gasteiger charge is 2.20. The summed E-state index contributed by atoms with van der Waals surface area (Å²) in [6, 6.07) is 4.12. The molecule has 0 spiro atoms. The largest absolute Gasteiger partial charge is 0.481 e. The summed E-state index contributed by atoms with van der Waals surface area (Å²) in [6.07, 6.45) is 4.28. The summed E-state index contributed by atoms with van der Waals surface area (Å²) in [5.74, 6) is 1.99. The molecule has 0 bridgehead atoms. The van der Waals surface area contributed by atoms with Gasteiger partial charge in [-0.1, -0.05) is 6.92 Å². The Morgan fingerprint density at radius 1 is 1.37 bits per heavy atom. The highest BCUT2D eigenvalue weighted by atomic mass is 16.4. The third-order valence-corrected chi connectivity index (χ3v) is 3.92. The van der Waals surface area contributed by atoms with Crippen molar-refractivity contribution in [2.75, 3.05) is 13.1 Å². The number of rotatable bonds is 6. The predicted octanol–water partition coefficient (Wildman–Crippen LogP) is 2.92. The number of carboxylic acids is 1. The van der Waals surface area contributed by atoms with Gasteiger partial charge in [0.25, 0.3) is 0 Å². The molecule has 2 heterocycles. The van der Waals surface area contributed by atoms with Crippen molar-refractivity contribution in [3.63, 3.8) is 0 Å². The first kappa shape index (κ1) is 14.1. The van der Waals surface area contributed by atoms with E-state index in [4.69, 9.17) is 9.52 Å². The van der Waals surface area contributed by atoms with Crippen molar-refractivity contribution in [3.8, 4) is 0 Å². The Bertz CT molecular complexity index is 405. The number of carboxylic acid groups (broad SMARTS) is 1. The van der Waals surface area contributed by atoms with Gasteiger partial charge in [0, 0.05) is 12.8 Å². The van der Waals surface area contributed by atoms with E-state index in [1.807, 2.05) is 0 Å². The maximum Gasteiger partial charge on any atom is 0.303 e. The molecular weight excluding hydrogens is 242 g/mol. The van der Waals surface area contributed by atoms with E-state index in [2.05, 4.69) is 24.0 Å². The van der Waals surface area contributed by atoms with Crippen LogP contribution in [0.1, 0.15) is 44.1 Å². The van der Waals surface area contributed by atoms with Crippen molar-refractivity contribution in [2.24, 2.45) is 5.92 Å². The second kappa shape index (κ2) is 6.75. The van der Waals surface area contributed by atoms with Gasteiger partial charge in [-0.2, -0.15) is 0 Å². The van der Waals surface area contributed by atoms with Crippen LogP contribution in [0, 0.1) is 5.92 Å². The minimum Gasteiger partial charge on any atom is -0.481 e. The summed E-state index contributed by atoms with van der Waals surface area (Å²) in [5, 5.41) is 8.69. The lowest BCUT2D eigenvalue weighted by Gasteiger charge is -2.31. The molecule has 106 valence electrons. The number of carbonyl (C=O) groups is 1. The van der Waals surface area contributed by atoms with E-state index in [0.717, 1.165) is 56.8 Å². The van der Waals surface area contributed by atoms with Crippen LogP contribution in [-0.4, -0.2) is 29.1 Å². The number of aliphatic carboxylic acids is 1. The van der Waals surface area contributed by atoms with E-state index in [0.29, 0.717) is 12.3 Å². The van der Waals surface area contributed by atoms with Crippen LogP contribution in [0.3, 0.4) is 0 Å². The van der Waals surface area contributed by atoms with Crippen LogP contribution in [0.25, 0.3) is 0 Å². The van der Waals surface area contributed by atoms with Gasteiger partial charge in [0.15, 0.2) is 0 Å². The van der Waals surface area contributed by atoms with Crippen LogP contribution in [0.2, 0.25) is 0 Å². The van der Waals surface area contributed by atoms with Gasteiger partial charge in [0.2, 0.25) is 0 Å². The van der Waals surface area contributed by atoms with Crippen LogP contribution >= 0.6 is 0 Å². The molecule has 4 heteroatoms. The van der Waals surface area contributed by atoms with Crippen molar-refractivity contribution in [1.29, 1.82) is 0 Å². The lowest BCUT2D eigenvalue weighted by Crippen LogP contribution is -2.33. The molecular formula is C15H23NO3. The maximum absolute atomic E-state index is 10.6. The summed E-state index contributed by atoms with van der Waals surface area (Å²) in [6.45, 7) is 5.07. The van der Waals surface area contributed by atoms with Crippen molar-refractivity contribution in [1.82, 2.24) is 4.90 Å². The van der Waals surface area contributed by atoms with Gasteiger partial charge in [-0.05, 0) is 50.4 Å². The average molecular weight is 265 g/mol. The van der Waals surface area contributed by atoms with Gasteiger partial charge in [-0.15, -0.1) is 0 Å². The third-order valence-electron chi connectivity index (χ3n) is 3.92. The van der Waals surface area contributed by atoms with Crippen LogP contribution in [0.15, 0.2) is 16.5 Å². The number of furan rings is 1. The van der Waals surface area contributed by atoms with Crippen LogP contribution in [0.4, 0.5) is 0 Å². The minimum absolute atomic E-state index is 0.308. The van der Waals surface area contributed by atoms with Gasteiger partial charge < -0.3 is 9.52 Å². The minimum atomic E-state index is -0.676. The zero-order chi connectivity index (χ0) is 13.7. The summed E-state index contributed by atoms with van der Waals surface area (Å²) < 4.78 is 5.72. The van der Waals surface area contributed by atoms with Crippen molar-refractivity contribution >= 4 is 5.97 Å². The Kier molecular flexibility index (Phi) is 5.02. The molecule has 1 N–H and O–H groups in total. The summed E-state index contributed by atoms with van der Waals surface area (Å²) in [5.41, 5.74) is 0. The Morgan fingerprint density at radius 2 is 2.05 bits per heavy atom. The Balaban J connectivity index is 1.72. The van der Waals surface area contributed by atoms with Crippen LogP contribution in [0.5, 0.6) is 0 Å². The molecule has 1 saturated heterocycles. The zero-order valence-corrected chi connectivity index (χ0v) is 11.6. The fraction of sp³-hybridized carbons (Fsp3) is 0.667. The van der Waals surface area contributed by atoms with Crippen molar-refractivity contribution < 1.29 is 14.3 Å². The predicted molar refractivity (Wildman–Crippen MR) is 73.0 cm³/mol. The molecule has 1 aliphatic rings. The molecule has 19 heavy (non-hydrogen) atoms. The molecule has 1 aromatic rings. The number of piperidine rings is 1. The molecule has 1 fully saturated rings. The van der Waals surface area contributed by atoms with E-state index < -0.39 is 5.97 Å². The number of hydrogen-bond donors (Lipinski definition) is 1. The maximum atomic E-state index is 10.6. The summed E-state index contributed by atoms with van der Waals surface area (Å²) in [4.78, 5) is 13.0. The highest BCUT2D eigenvalue weighted by molar-refractivity contribution is 5.66. The average Bonchev–Trinajstić information content (AvgIpc) is 2.85. The molecule has 2 rings (SSSR count). The van der Waals surface area contributed by atoms with Gasteiger partial charge in [0.05, 0.1) is 6.54 Å². The smallest absolute Gasteiger partial charge is 0.303 e. The lowest BCUT2D eigenvalue weighted by molar-refractivity contribution is -0.137. The molecule has 0 amide bonds. The standard InChI is InChI=1S/C15H23NO3/c1-2-13-4-5-14(19-13)11-16-9-7-12(8-10-16)3-6-15(17)18/h4-5,12H,2-3,6-11H2,1H3,(H,17,18). The molecule has 0 saturated carbocycles. The molecule has 0 atom stereocenters. The van der Waals surface area contributed by atoms with Crippen LogP contribution in [-0.2, 0) is 17.8 Å². The lowest BCUT2D eigenvalue weighted by atomic mass is 9.92. The van der Waals surface area contributed by atoms with Gasteiger partial charge in [-0.3, -0.25) is 9.69 Å². The SMILES string of the molecule is CCc1ccc(CN2CCC(CCC(=O)O)CC2)o1. The topological polar surface area (TPSA) is 53.7 Å².